The summed E-state index contributed by atoms with van der Waals surface area (Å²) in [6.45, 7) is 0. The first-order chi connectivity index (χ1) is 16.7. The van der Waals surface area contributed by atoms with Gasteiger partial charge in [0.25, 0.3) is 20.2 Å². The molecule has 0 radical (unpaired) electrons. The molecule has 0 atom stereocenters. The fourth-order valence-corrected chi connectivity index (χ4v) is 4.89. The summed E-state index contributed by atoms with van der Waals surface area (Å²) in [5, 5.41) is 12.1. The third-order valence-corrected chi connectivity index (χ3v) is 6.97. The molecule has 0 bridgehead atoms. The maximum absolute atomic E-state index is 12.3. The number of hydrogen-bond donors (Lipinski definition) is 5. The molecular weight excluding hydrogens is 536 g/mol. The predicted octanol–water partition coefficient (Wildman–Crippen LogP) is 2.97. The maximum atomic E-state index is 12.3. The highest BCUT2D eigenvalue weighted by molar-refractivity contribution is 7.86. The molecule has 0 spiro atoms. The Morgan fingerprint density at radius 2 is 1.58 bits per heavy atom. The number of rotatable bonds is 6. The number of halogens is 1. The lowest BCUT2D eigenvalue weighted by molar-refractivity contribution is 0.470. The number of benzene rings is 3. The molecule has 0 fully saturated rings. The molecule has 0 aliphatic rings. The van der Waals surface area contributed by atoms with Gasteiger partial charge in [-0.3, -0.25) is 9.11 Å². The lowest BCUT2D eigenvalue weighted by Gasteiger charge is -2.18. The van der Waals surface area contributed by atoms with Crippen LogP contribution in [0.25, 0.3) is 10.8 Å². The van der Waals surface area contributed by atoms with E-state index in [2.05, 4.69) is 20.3 Å². The summed E-state index contributed by atoms with van der Waals surface area (Å²) in [7, 11) is -8.20. The van der Waals surface area contributed by atoms with Crippen molar-refractivity contribution in [2.45, 2.75) is 9.79 Å². The molecule has 0 amide bonds. The van der Waals surface area contributed by atoms with Crippen LogP contribution in [0.5, 0.6) is 5.75 Å². The Morgan fingerprint density at radius 1 is 0.917 bits per heavy atom. The number of phenols is 1. The van der Waals surface area contributed by atoms with E-state index in [0.29, 0.717) is 11.4 Å². The van der Waals surface area contributed by atoms with Gasteiger partial charge in [0.15, 0.2) is 0 Å². The number of nitrogen functional groups attached to an aromatic ring is 1. The van der Waals surface area contributed by atoms with Crippen molar-refractivity contribution in [1.82, 2.24) is 15.0 Å². The molecule has 1 aromatic heterocycles. The van der Waals surface area contributed by atoms with Gasteiger partial charge in [0.2, 0.25) is 17.2 Å². The lowest BCUT2D eigenvalue weighted by Crippen LogP contribution is -2.15. The van der Waals surface area contributed by atoms with Crippen molar-refractivity contribution in [2.75, 3.05) is 23.0 Å². The number of nitrogens with one attached hydrogen (secondary N) is 1. The number of nitrogens with zero attached hydrogens (tertiary/aromatic N) is 4. The van der Waals surface area contributed by atoms with E-state index in [4.69, 9.17) is 17.3 Å². The SMILES string of the molecule is CN(c1ccc(N)cc1)c1nc(Cl)nc(Nc2ccc3c(O)cc(S(=O)(=O)O)cc3c2S(=O)(=O)O)n1. The normalized spacial score (nSPS) is 12.0. The van der Waals surface area contributed by atoms with E-state index in [1.54, 1.807) is 36.2 Å². The molecule has 36 heavy (non-hydrogen) atoms. The van der Waals surface area contributed by atoms with E-state index in [1.165, 1.54) is 12.1 Å². The first-order valence-electron chi connectivity index (χ1n) is 9.76. The van der Waals surface area contributed by atoms with Gasteiger partial charge in [-0.2, -0.15) is 31.8 Å². The van der Waals surface area contributed by atoms with Crippen LogP contribution < -0.4 is 16.0 Å². The van der Waals surface area contributed by atoms with Crippen LogP contribution in [0.2, 0.25) is 5.28 Å². The van der Waals surface area contributed by atoms with E-state index in [0.717, 1.165) is 12.1 Å². The number of phenolic OH excluding ortho intramolecular Hbond substituents is 1. The molecule has 4 rings (SSSR count). The third-order valence-electron chi connectivity index (χ3n) is 5.02. The summed E-state index contributed by atoms with van der Waals surface area (Å²) >= 11 is 6.05. The van der Waals surface area contributed by atoms with E-state index in [-0.39, 0.29) is 28.3 Å². The highest BCUT2D eigenvalue weighted by Gasteiger charge is 2.24. The second-order valence-corrected chi connectivity index (χ2v) is 10.6. The quantitative estimate of drug-likeness (QED) is 0.172. The average molecular weight is 553 g/mol. The molecule has 0 aliphatic carbocycles. The van der Waals surface area contributed by atoms with Crippen LogP contribution in [0.1, 0.15) is 0 Å². The van der Waals surface area contributed by atoms with Crippen molar-refractivity contribution in [3.05, 3.63) is 53.8 Å². The molecule has 13 nitrogen and oxygen atoms in total. The molecule has 4 aromatic rings. The molecule has 6 N–H and O–H groups in total. The van der Waals surface area contributed by atoms with Crippen LogP contribution in [0, 0.1) is 0 Å². The minimum absolute atomic E-state index is 0.0720. The maximum Gasteiger partial charge on any atom is 0.297 e. The van der Waals surface area contributed by atoms with Crippen molar-refractivity contribution in [1.29, 1.82) is 0 Å². The standard InChI is InChI=1S/C20H17ClN6O7S2/c1-27(11-4-2-10(22)3-5-11)20-25-18(21)24-19(26-20)23-15-7-6-13-14(17(15)36(32,33)34)8-12(9-16(13)28)35(29,30)31/h2-9,28H,22H2,1H3,(H,29,30,31)(H,32,33,34)(H,23,24,25,26). The second-order valence-electron chi connectivity index (χ2n) is 7.43. The highest BCUT2D eigenvalue weighted by Crippen LogP contribution is 2.38. The van der Waals surface area contributed by atoms with Crippen molar-refractivity contribution in [3.8, 4) is 5.75 Å². The first-order valence-corrected chi connectivity index (χ1v) is 13.0. The van der Waals surface area contributed by atoms with Crippen LogP contribution in [0.15, 0.2) is 58.3 Å². The minimum Gasteiger partial charge on any atom is -0.507 e. The Bertz CT molecular complexity index is 1720. The van der Waals surface area contributed by atoms with Gasteiger partial charge in [-0.05, 0) is 54.1 Å². The number of nitrogens with two attached hydrogens (primary N) is 1. The second kappa shape index (κ2) is 9.03. The number of aromatic hydroxyl groups is 1. The van der Waals surface area contributed by atoms with Crippen LogP contribution >= 0.6 is 11.6 Å². The molecule has 0 saturated carbocycles. The van der Waals surface area contributed by atoms with Gasteiger partial charge in [-0.15, -0.1) is 0 Å². The Kier molecular flexibility index (Phi) is 6.36. The monoisotopic (exact) mass is 552 g/mol. The fourth-order valence-electron chi connectivity index (χ4n) is 3.37. The van der Waals surface area contributed by atoms with Gasteiger partial charge >= 0.3 is 0 Å². The molecule has 0 saturated heterocycles. The van der Waals surface area contributed by atoms with Gasteiger partial charge in [0.1, 0.15) is 10.6 Å². The fraction of sp³-hybridized carbons (Fsp3) is 0.0500. The number of anilines is 5. The Morgan fingerprint density at radius 3 is 2.19 bits per heavy atom. The predicted molar refractivity (Wildman–Crippen MR) is 132 cm³/mol. The van der Waals surface area contributed by atoms with Crippen LogP contribution in [-0.2, 0) is 20.2 Å². The van der Waals surface area contributed by atoms with E-state index < -0.39 is 41.2 Å². The van der Waals surface area contributed by atoms with Gasteiger partial charge < -0.3 is 21.1 Å². The summed E-state index contributed by atoms with van der Waals surface area (Å²) < 4.78 is 67.1. The molecule has 0 aliphatic heterocycles. The molecule has 188 valence electrons. The number of hydrogen-bond acceptors (Lipinski definition) is 11. The molecule has 3 aromatic carbocycles. The summed E-state index contributed by atoms with van der Waals surface area (Å²) in [5.41, 5.74) is 6.62. The van der Waals surface area contributed by atoms with E-state index >= 15 is 0 Å². The number of aromatic nitrogens is 3. The average Bonchev–Trinajstić information content (AvgIpc) is 2.77. The first kappa shape index (κ1) is 25.3. The summed E-state index contributed by atoms with van der Waals surface area (Å²) in [6.07, 6.45) is 0. The zero-order chi connectivity index (χ0) is 26.4. The Balaban J connectivity index is 1.86. The topological polar surface area (TPSA) is 209 Å². The Hall–Kier alpha value is -3.76. The van der Waals surface area contributed by atoms with Gasteiger partial charge in [-0.1, -0.05) is 0 Å². The zero-order valence-electron chi connectivity index (χ0n) is 18.2. The lowest BCUT2D eigenvalue weighted by atomic mass is 10.1. The molecule has 1 heterocycles. The Labute approximate surface area is 209 Å². The van der Waals surface area contributed by atoms with Crippen molar-refractivity contribution >= 4 is 71.6 Å². The van der Waals surface area contributed by atoms with Gasteiger partial charge in [-0.25, -0.2) is 0 Å². The molecule has 16 heteroatoms. The van der Waals surface area contributed by atoms with Crippen molar-refractivity contribution in [2.24, 2.45) is 0 Å². The number of fused-ring (bicyclic) bond motifs is 1. The molecule has 0 unspecified atom stereocenters. The third kappa shape index (κ3) is 5.09. The summed E-state index contributed by atoms with van der Waals surface area (Å²) in [6, 6.07) is 10.7. The largest absolute Gasteiger partial charge is 0.507 e. The van der Waals surface area contributed by atoms with Crippen LogP contribution in [-0.4, -0.2) is 53.0 Å². The highest BCUT2D eigenvalue weighted by atomic mass is 35.5. The van der Waals surface area contributed by atoms with Crippen molar-refractivity contribution < 1.29 is 31.0 Å². The minimum atomic E-state index is -5.02. The zero-order valence-corrected chi connectivity index (χ0v) is 20.5. The molecular formula is C20H17ClN6O7S2. The van der Waals surface area contributed by atoms with Crippen molar-refractivity contribution in [3.63, 3.8) is 0 Å². The smallest absolute Gasteiger partial charge is 0.297 e. The van der Waals surface area contributed by atoms with E-state index in [1.807, 2.05) is 0 Å². The summed E-state index contributed by atoms with van der Waals surface area (Å²) in [4.78, 5) is 12.2. The van der Waals surface area contributed by atoms with Gasteiger partial charge in [0.05, 0.1) is 10.6 Å². The van der Waals surface area contributed by atoms with Crippen LogP contribution in [0.4, 0.5) is 29.0 Å². The summed E-state index contributed by atoms with van der Waals surface area (Å²) in [5.74, 6) is -0.790. The van der Waals surface area contributed by atoms with Crippen LogP contribution in [0.3, 0.4) is 0 Å². The van der Waals surface area contributed by atoms with Gasteiger partial charge in [0, 0.05) is 35.3 Å². The van der Waals surface area contributed by atoms with E-state index in [9.17, 15) is 31.0 Å².